The van der Waals surface area contributed by atoms with Crippen LogP contribution in [0.4, 0.5) is 13.2 Å². The van der Waals surface area contributed by atoms with Crippen LogP contribution in [0.15, 0.2) is 0 Å². The fraction of sp³-hybridized carbons (Fsp3) is 0.833. The lowest BCUT2D eigenvalue weighted by atomic mass is 10.6. The van der Waals surface area contributed by atoms with Gasteiger partial charge in [-0.1, -0.05) is 0 Å². The number of nitrogens with two attached hydrogens (primary N) is 1. The third-order valence-corrected chi connectivity index (χ3v) is 0.931. The Labute approximate surface area is 78.3 Å². The van der Waals surface area contributed by atoms with Gasteiger partial charge in [-0.25, -0.2) is 0 Å². The van der Waals surface area contributed by atoms with E-state index in [0.717, 1.165) is 0 Å². The molecule has 0 aromatic heterocycles. The molecule has 14 heavy (non-hydrogen) atoms. The Bertz CT molecular complexity index is 174. The molecule has 0 aliphatic heterocycles. The summed E-state index contributed by atoms with van der Waals surface area (Å²) in [4.78, 5) is 14.5. The molecule has 0 aromatic rings. The molecule has 0 bridgehead atoms. The molecule has 0 fully saturated rings. The van der Waals surface area contributed by atoms with Crippen LogP contribution in [0, 0.1) is 0 Å². The van der Waals surface area contributed by atoms with Gasteiger partial charge in [0.25, 0.3) is 0 Å². The quantitative estimate of drug-likeness (QED) is 0.447. The molecular formula is C6H11F3N2O3. The average Bonchev–Trinajstić information content (AvgIpc) is 2.00. The number of alkyl halides is 3. The number of halogens is 3. The number of hydrogen-bond acceptors (Lipinski definition) is 4. The molecule has 0 radical (unpaired) electrons. The number of primary amides is 1. The summed E-state index contributed by atoms with van der Waals surface area (Å²) >= 11 is 0. The number of amides is 1. The van der Waals surface area contributed by atoms with Gasteiger partial charge in [0.05, 0.1) is 6.61 Å². The third-order valence-electron chi connectivity index (χ3n) is 0.931. The molecule has 3 N–H and O–H groups in total. The molecule has 0 spiro atoms. The summed E-state index contributed by atoms with van der Waals surface area (Å²) < 4.78 is 38.7. The average molecular weight is 216 g/mol. The number of hydrogen-bond donors (Lipinski definition) is 2. The van der Waals surface area contributed by atoms with Crippen molar-refractivity contribution in [2.75, 3.05) is 26.4 Å². The molecular weight excluding hydrogens is 205 g/mol. The summed E-state index contributed by atoms with van der Waals surface area (Å²) in [5.41, 5.74) is 6.92. The van der Waals surface area contributed by atoms with Crippen LogP contribution in [-0.4, -0.2) is 38.4 Å². The van der Waals surface area contributed by atoms with Crippen LogP contribution in [-0.2, 0) is 14.4 Å². The van der Waals surface area contributed by atoms with Crippen molar-refractivity contribution < 1.29 is 27.5 Å². The van der Waals surface area contributed by atoms with Crippen molar-refractivity contribution in [1.82, 2.24) is 5.48 Å². The zero-order valence-corrected chi connectivity index (χ0v) is 7.26. The first-order valence-electron chi connectivity index (χ1n) is 3.69. The van der Waals surface area contributed by atoms with E-state index < -0.39 is 18.7 Å². The normalized spacial score (nSPS) is 11.6. The summed E-state index contributed by atoms with van der Waals surface area (Å²) in [6.07, 6.45) is -4.33. The summed E-state index contributed by atoms with van der Waals surface area (Å²) in [5.74, 6) is -0.672. The molecule has 0 saturated heterocycles. The Morgan fingerprint density at radius 3 is 2.57 bits per heavy atom. The van der Waals surface area contributed by atoms with Crippen LogP contribution in [0.1, 0.15) is 0 Å². The van der Waals surface area contributed by atoms with Gasteiger partial charge in [-0.2, -0.15) is 18.7 Å². The van der Waals surface area contributed by atoms with Gasteiger partial charge in [-0.15, -0.1) is 0 Å². The van der Waals surface area contributed by atoms with E-state index in [-0.39, 0.29) is 19.8 Å². The van der Waals surface area contributed by atoms with E-state index in [1.807, 2.05) is 0 Å². The largest absolute Gasteiger partial charge is 0.411 e. The zero-order valence-electron chi connectivity index (χ0n) is 7.26. The van der Waals surface area contributed by atoms with E-state index >= 15 is 0 Å². The lowest BCUT2D eigenvalue weighted by Crippen LogP contribution is -2.28. The van der Waals surface area contributed by atoms with Gasteiger partial charge in [-0.3, -0.25) is 9.63 Å². The monoisotopic (exact) mass is 216 g/mol. The fourth-order valence-corrected chi connectivity index (χ4v) is 0.496. The number of nitrogens with one attached hydrogen (secondary N) is 1. The topological polar surface area (TPSA) is 73.6 Å². The van der Waals surface area contributed by atoms with E-state index in [0.29, 0.717) is 0 Å². The highest BCUT2D eigenvalue weighted by molar-refractivity contribution is 5.74. The maximum absolute atomic E-state index is 11.5. The molecule has 84 valence electrons. The van der Waals surface area contributed by atoms with Gasteiger partial charge in [0.1, 0.15) is 13.2 Å². The maximum Gasteiger partial charge on any atom is 0.411 e. The molecule has 0 aromatic carbocycles. The highest BCUT2D eigenvalue weighted by atomic mass is 19.4. The predicted octanol–water partition coefficient (Wildman–Crippen LogP) is -0.428. The summed E-state index contributed by atoms with van der Waals surface area (Å²) in [6, 6.07) is 0. The molecule has 5 nitrogen and oxygen atoms in total. The van der Waals surface area contributed by atoms with Gasteiger partial charge in [-0.05, 0) is 0 Å². The van der Waals surface area contributed by atoms with E-state index in [1.165, 1.54) is 0 Å². The van der Waals surface area contributed by atoms with Crippen LogP contribution >= 0.6 is 0 Å². The van der Waals surface area contributed by atoms with E-state index in [1.54, 1.807) is 0 Å². The Morgan fingerprint density at radius 1 is 1.43 bits per heavy atom. The third kappa shape index (κ3) is 11.1. The van der Waals surface area contributed by atoms with Crippen molar-refractivity contribution in [1.29, 1.82) is 0 Å². The minimum Gasteiger partial charge on any atom is -0.371 e. The van der Waals surface area contributed by atoms with Crippen molar-refractivity contribution in [3.8, 4) is 0 Å². The summed E-state index contributed by atoms with van der Waals surface area (Å²) in [5, 5.41) is 0. The first-order chi connectivity index (χ1) is 6.42. The molecule has 0 atom stereocenters. The number of rotatable bonds is 7. The van der Waals surface area contributed by atoms with Gasteiger partial charge in [0, 0.05) is 6.54 Å². The van der Waals surface area contributed by atoms with Crippen LogP contribution in [0.5, 0.6) is 0 Å². The van der Waals surface area contributed by atoms with Crippen LogP contribution in [0.2, 0.25) is 0 Å². The van der Waals surface area contributed by atoms with Crippen LogP contribution in [0.25, 0.3) is 0 Å². The van der Waals surface area contributed by atoms with Crippen molar-refractivity contribution in [2.45, 2.75) is 6.18 Å². The molecule has 0 rings (SSSR count). The smallest absolute Gasteiger partial charge is 0.371 e. The van der Waals surface area contributed by atoms with Gasteiger partial charge >= 0.3 is 6.18 Å². The first kappa shape index (κ1) is 13.1. The highest BCUT2D eigenvalue weighted by Crippen LogP contribution is 2.13. The molecule has 8 heteroatoms. The fourth-order valence-electron chi connectivity index (χ4n) is 0.496. The molecule has 0 heterocycles. The van der Waals surface area contributed by atoms with Gasteiger partial charge in [0.15, 0.2) is 0 Å². The molecule has 1 amide bonds. The van der Waals surface area contributed by atoms with Crippen LogP contribution < -0.4 is 11.2 Å². The number of ether oxygens (including phenoxy) is 1. The van der Waals surface area contributed by atoms with Crippen LogP contribution in [0.3, 0.4) is 0 Å². The zero-order chi connectivity index (χ0) is 11.0. The summed E-state index contributed by atoms with van der Waals surface area (Å²) in [7, 11) is 0. The minimum absolute atomic E-state index is 0.0450. The van der Waals surface area contributed by atoms with Crippen molar-refractivity contribution in [3.05, 3.63) is 0 Å². The number of hydroxylamine groups is 1. The van der Waals surface area contributed by atoms with E-state index in [9.17, 15) is 18.0 Å². The number of carbonyl (C=O) groups excluding carboxylic acids is 1. The Kier molecular flexibility index (Phi) is 6.17. The van der Waals surface area contributed by atoms with Crippen molar-refractivity contribution in [2.24, 2.45) is 5.73 Å². The Balaban J connectivity index is 3.11. The molecule has 0 aliphatic carbocycles. The highest BCUT2D eigenvalue weighted by Gasteiger charge is 2.27. The second kappa shape index (κ2) is 6.57. The van der Waals surface area contributed by atoms with E-state index in [4.69, 9.17) is 5.73 Å². The second-order valence-electron chi connectivity index (χ2n) is 2.32. The lowest BCUT2D eigenvalue weighted by molar-refractivity contribution is -0.174. The SMILES string of the molecule is NC(=O)CONCCOCC(F)(F)F. The number of carbonyl (C=O) groups is 1. The Morgan fingerprint density at radius 2 is 2.07 bits per heavy atom. The standard InChI is InChI=1S/C6H11F3N2O3/c7-6(8,9)4-13-2-1-11-14-3-5(10)12/h11H,1-4H2,(H2,10,12). The predicted molar refractivity (Wildman–Crippen MR) is 40.0 cm³/mol. The minimum atomic E-state index is -4.33. The van der Waals surface area contributed by atoms with Gasteiger partial charge in [0.2, 0.25) is 5.91 Å². The maximum atomic E-state index is 11.5. The molecule has 0 aliphatic rings. The lowest BCUT2D eigenvalue weighted by Gasteiger charge is -2.07. The first-order valence-corrected chi connectivity index (χ1v) is 3.69. The Hall–Kier alpha value is -0.860. The van der Waals surface area contributed by atoms with Crippen molar-refractivity contribution >= 4 is 5.91 Å². The van der Waals surface area contributed by atoms with E-state index in [2.05, 4.69) is 15.1 Å². The molecule has 0 unspecified atom stereocenters. The summed E-state index contributed by atoms with van der Waals surface area (Å²) in [6.45, 7) is -1.76. The van der Waals surface area contributed by atoms with Crippen molar-refractivity contribution in [3.63, 3.8) is 0 Å². The van der Waals surface area contributed by atoms with Gasteiger partial charge < -0.3 is 10.5 Å². The second-order valence-corrected chi connectivity index (χ2v) is 2.32. The molecule has 0 saturated carbocycles.